The van der Waals surface area contributed by atoms with E-state index in [1.807, 2.05) is 13.8 Å². The predicted octanol–water partition coefficient (Wildman–Crippen LogP) is 3.59. The molecule has 0 saturated heterocycles. The lowest BCUT2D eigenvalue weighted by atomic mass is 9.85. The first kappa shape index (κ1) is 15.1. The molecule has 0 aliphatic carbocycles. The standard InChI is InChI=1S/C14H22O.H3N/c1-5-11-9-8-10-13(12(11)6-2)14(4,15)7-3;/h8-10,15H,5-7H2,1-4H3;1H3. The summed E-state index contributed by atoms with van der Waals surface area (Å²) in [4.78, 5) is 0. The van der Waals surface area contributed by atoms with E-state index in [9.17, 15) is 5.11 Å². The van der Waals surface area contributed by atoms with E-state index in [1.165, 1.54) is 11.1 Å². The van der Waals surface area contributed by atoms with Crippen molar-refractivity contribution >= 4 is 0 Å². The van der Waals surface area contributed by atoms with Gasteiger partial charge in [-0.3, -0.25) is 0 Å². The molecular weight excluding hydrogens is 198 g/mol. The number of aryl methyl sites for hydroxylation is 1. The van der Waals surface area contributed by atoms with Crippen molar-refractivity contribution in [3.05, 3.63) is 34.9 Å². The van der Waals surface area contributed by atoms with Gasteiger partial charge in [0.15, 0.2) is 0 Å². The second kappa shape index (κ2) is 6.02. The van der Waals surface area contributed by atoms with Gasteiger partial charge >= 0.3 is 0 Å². The molecule has 0 aromatic heterocycles. The van der Waals surface area contributed by atoms with Crippen molar-refractivity contribution in [1.29, 1.82) is 0 Å². The van der Waals surface area contributed by atoms with Crippen LogP contribution in [0.2, 0.25) is 0 Å². The van der Waals surface area contributed by atoms with E-state index >= 15 is 0 Å². The summed E-state index contributed by atoms with van der Waals surface area (Å²) < 4.78 is 0. The zero-order valence-corrected chi connectivity index (χ0v) is 11.0. The van der Waals surface area contributed by atoms with E-state index in [-0.39, 0.29) is 6.15 Å². The first-order valence-corrected chi connectivity index (χ1v) is 5.90. The highest BCUT2D eigenvalue weighted by molar-refractivity contribution is 5.38. The molecule has 1 unspecified atom stereocenters. The van der Waals surface area contributed by atoms with Gasteiger partial charge in [0.1, 0.15) is 0 Å². The summed E-state index contributed by atoms with van der Waals surface area (Å²) in [6.45, 7) is 8.25. The summed E-state index contributed by atoms with van der Waals surface area (Å²) in [6, 6.07) is 6.27. The van der Waals surface area contributed by atoms with Crippen molar-refractivity contribution in [3.8, 4) is 0 Å². The van der Waals surface area contributed by atoms with Gasteiger partial charge in [0.05, 0.1) is 5.60 Å². The normalized spacial score (nSPS) is 14.1. The van der Waals surface area contributed by atoms with Gasteiger partial charge in [-0.15, -0.1) is 0 Å². The van der Waals surface area contributed by atoms with Gasteiger partial charge < -0.3 is 11.3 Å². The first-order valence-electron chi connectivity index (χ1n) is 5.90. The summed E-state index contributed by atoms with van der Waals surface area (Å²) >= 11 is 0. The molecule has 92 valence electrons. The van der Waals surface area contributed by atoms with Crippen LogP contribution in [0.4, 0.5) is 0 Å². The van der Waals surface area contributed by atoms with Crippen LogP contribution < -0.4 is 6.15 Å². The minimum Gasteiger partial charge on any atom is -0.385 e. The Labute approximate surface area is 99.3 Å². The van der Waals surface area contributed by atoms with E-state index in [0.717, 1.165) is 24.8 Å². The number of benzene rings is 1. The fourth-order valence-electron chi connectivity index (χ4n) is 2.08. The quantitative estimate of drug-likeness (QED) is 0.819. The molecule has 1 atom stereocenters. The Bertz CT molecular complexity index is 332. The molecule has 1 aromatic carbocycles. The van der Waals surface area contributed by atoms with Crippen LogP contribution in [-0.2, 0) is 18.4 Å². The summed E-state index contributed by atoms with van der Waals surface area (Å²) in [5.74, 6) is 0. The lowest BCUT2D eigenvalue weighted by Gasteiger charge is -2.26. The minimum absolute atomic E-state index is 0. The Balaban J connectivity index is 0.00000225. The minimum atomic E-state index is -0.684. The molecule has 0 aliphatic rings. The third-order valence-electron chi connectivity index (χ3n) is 3.28. The van der Waals surface area contributed by atoms with Crippen molar-refractivity contribution in [3.63, 3.8) is 0 Å². The molecule has 4 N–H and O–H groups in total. The number of hydrogen-bond donors (Lipinski definition) is 2. The number of hydrogen-bond acceptors (Lipinski definition) is 2. The van der Waals surface area contributed by atoms with Gasteiger partial charge in [-0.05, 0) is 42.9 Å². The summed E-state index contributed by atoms with van der Waals surface area (Å²) in [7, 11) is 0. The SMILES string of the molecule is CCc1cccc(C(C)(O)CC)c1CC.N. The molecule has 0 saturated carbocycles. The summed E-state index contributed by atoms with van der Waals surface area (Å²) in [5.41, 5.74) is 3.11. The molecule has 1 rings (SSSR count). The van der Waals surface area contributed by atoms with Crippen molar-refractivity contribution in [2.24, 2.45) is 0 Å². The second-order valence-corrected chi connectivity index (χ2v) is 4.28. The Hall–Kier alpha value is -0.860. The molecule has 0 radical (unpaired) electrons. The van der Waals surface area contributed by atoms with Gasteiger partial charge in [-0.1, -0.05) is 39.0 Å². The molecule has 0 aliphatic heterocycles. The van der Waals surface area contributed by atoms with Crippen LogP contribution in [0, 0.1) is 0 Å². The van der Waals surface area contributed by atoms with E-state index in [0.29, 0.717) is 0 Å². The van der Waals surface area contributed by atoms with Gasteiger partial charge in [0.2, 0.25) is 0 Å². The van der Waals surface area contributed by atoms with Crippen molar-refractivity contribution < 1.29 is 5.11 Å². The molecule has 0 fully saturated rings. The lowest BCUT2D eigenvalue weighted by molar-refractivity contribution is 0.0521. The second-order valence-electron chi connectivity index (χ2n) is 4.28. The lowest BCUT2D eigenvalue weighted by Crippen LogP contribution is -2.22. The van der Waals surface area contributed by atoms with Crippen LogP contribution in [-0.4, -0.2) is 5.11 Å². The van der Waals surface area contributed by atoms with Crippen molar-refractivity contribution in [2.45, 2.75) is 52.6 Å². The molecule has 0 amide bonds. The topological polar surface area (TPSA) is 55.2 Å². The maximum Gasteiger partial charge on any atom is 0.0868 e. The molecule has 0 spiro atoms. The Morgan fingerprint density at radius 1 is 1.12 bits per heavy atom. The van der Waals surface area contributed by atoms with Gasteiger partial charge in [-0.2, -0.15) is 0 Å². The van der Waals surface area contributed by atoms with Crippen LogP contribution in [0.5, 0.6) is 0 Å². The van der Waals surface area contributed by atoms with Crippen LogP contribution in [0.15, 0.2) is 18.2 Å². The first-order chi connectivity index (χ1) is 7.06. The molecule has 2 heteroatoms. The van der Waals surface area contributed by atoms with Crippen molar-refractivity contribution in [2.75, 3.05) is 0 Å². The van der Waals surface area contributed by atoms with Crippen molar-refractivity contribution in [1.82, 2.24) is 6.15 Å². The average molecular weight is 223 g/mol. The monoisotopic (exact) mass is 223 g/mol. The zero-order chi connectivity index (χ0) is 11.5. The van der Waals surface area contributed by atoms with Gasteiger partial charge in [-0.25, -0.2) is 0 Å². The fraction of sp³-hybridized carbons (Fsp3) is 0.571. The smallest absolute Gasteiger partial charge is 0.0868 e. The molecule has 16 heavy (non-hydrogen) atoms. The molecule has 0 bridgehead atoms. The fourth-order valence-corrected chi connectivity index (χ4v) is 2.08. The van der Waals surface area contributed by atoms with Crippen LogP contribution >= 0.6 is 0 Å². The molecule has 0 heterocycles. The Kier molecular flexibility index (Phi) is 5.70. The average Bonchev–Trinajstić information content (AvgIpc) is 2.27. The predicted molar refractivity (Wildman–Crippen MR) is 70.1 cm³/mol. The largest absolute Gasteiger partial charge is 0.385 e. The summed E-state index contributed by atoms with van der Waals surface area (Å²) in [5, 5.41) is 10.3. The highest BCUT2D eigenvalue weighted by atomic mass is 16.3. The highest BCUT2D eigenvalue weighted by Crippen LogP contribution is 2.29. The third kappa shape index (κ3) is 2.83. The number of rotatable bonds is 4. The zero-order valence-electron chi connectivity index (χ0n) is 11.0. The molecule has 2 nitrogen and oxygen atoms in total. The van der Waals surface area contributed by atoms with Crippen LogP contribution in [0.3, 0.4) is 0 Å². The van der Waals surface area contributed by atoms with Crippen LogP contribution in [0.25, 0.3) is 0 Å². The highest BCUT2D eigenvalue weighted by Gasteiger charge is 2.23. The van der Waals surface area contributed by atoms with E-state index < -0.39 is 5.60 Å². The summed E-state index contributed by atoms with van der Waals surface area (Å²) in [6.07, 6.45) is 2.79. The Morgan fingerprint density at radius 3 is 2.19 bits per heavy atom. The van der Waals surface area contributed by atoms with Gasteiger partial charge in [0, 0.05) is 0 Å². The molecular formula is C14H25NO. The Morgan fingerprint density at radius 2 is 1.75 bits per heavy atom. The maximum atomic E-state index is 10.3. The van der Waals surface area contributed by atoms with E-state index in [1.54, 1.807) is 0 Å². The van der Waals surface area contributed by atoms with E-state index in [4.69, 9.17) is 0 Å². The van der Waals surface area contributed by atoms with E-state index in [2.05, 4.69) is 32.0 Å². The third-order valence-corrected chi connectivity index (χ3v) is 3.28. The molecule has 1 aromatic rings. The van der Waals surface area contributed by atoms with Crippen LogP contribution in [0.1, 0.15) is 50.8 Å². The number of aliphatic hydroxyl groups is 1. The maximum absolute atomic E-state index is 10.3. The van der Waals surface area contributed by atoms with Gasteiger partial charge in [0.25, 0.3) is 0 Å².